The topological polar surface area (TPSA) is 25.3 Å². The molecule has 2 aromatic carbocycles. The van der Waals surface area contributed by atoms with Gasteiger partial charge in [0.25, 0.3) is 0 Å². The number of benzene rings is 2. The molecule has 1 heterocycles. The van der Waals surface area contributed by atoms with E-state index in [9.17, 15) is 5.53 Å². The molecule has 1 aliphatic rings. The summed E-state index contributed by atoms with van der Waals surface area (Å²) in [6.07, 6.45) is 56.6. The monoisotopic (exact) mass is 877 g/mol. The van der Waals surface area contributed by atoms with Gasteiger partial charge in [0.15, 0.2) is 0 Å². The molecular weight excluding hydrogens is 773 g/mol. The maximum absolute atomic E-state index is 12.4. The van der Waals surface area contributed by atoms with Crippen LogP contribution in [0.5, 0.6) is 0 Å². The molecule has 2 aromatic rings. The molecule has 0 amide bonds. The molecule has 2 nitrogen and oxygen atoms in total. The molecule has 0 aliphatic carbocycles. The molecule has 0 radical (unpaired) electrons. The molecule has 0 saturated heterocycles. The largest absolute Gasteiger partial charge is 0.493 e. The van der Waals surface area contributed by atoms with E-state index in [0.29, 0.717) is 0 Å². The molecule has 0 bridgehead atoms. The van der Waals surface area contributed by atoms with Crippen LogP contribution in [0.3, 0.4) is 0 Å². The number of hydrogen-bond donors (Lipinski definition) is 0. The van der Waals surface area contributed by atoms with Crippen molar-refractivity contribution in [2.45, 2.75) is 297 Å². The van der Waals surface area contributed by atoms with Gasteiger partial charge in [-0.2, -0.15) is 0 Å². The highest BCUT2D eigenvalue weighted by Gasteiger charge is 2.35. The van der Waals surface area contributed by atoms with Crippen LogP contribution in [0.25, 0.3) is 16.9 Å². The van der Waals surface area contributed by atoms with Crippen molar-refractivity contribution in [2.75, 3.05) is 0 Å². The lowest BCUT2D eigenvalue weighted by molar-refractivity contribution is -0.345. The minimum Gasteiger partial charge on any atom is -0.493 e. The Morgan fingerprint density at radius 2 is 0.547 bits per heavy atom. The van der Waals surface area contributed by atoms with E-state index in [0.717, 1.165) is 49.9 Å². The Morgan fingerprint density at radius 1 is 0.297 bits per heavy atom. The zero-order valence-corrected chi connectivity index (χ0v) is 43.2. The Hall–Kier alpha value is -2.48. The second-order valence-corrected chi connectivity index (χ2v) is 20.4. The minimum atomic E-state index is 1.03. The molecule has 0 unspecified atom stereocenters. The SMILES string of the molecule is CCCCCCCCCCCCCCCCCCCCCCCCCCC1=C(c2cccc(CCCCCCCC)c2)[N+](=[N-])C(c2cccc(CCCCCCCC)c2)=C1CCCC. The number of allylic oxidation sites excluding steroid dienone is 2. The predicted octanol–water partition coefficient (Wildman–Crippen LogP) is 21.6. The molecule has 3 rings (SSSR count). The second-order valence-electron chi connectivity index (χ2n) is 20.4. The van der Waals surface area contributed by atoms with Crippen LogP contribution in [-0.4, -0.2) is 4.70 Å². The Balaban J connectivity index is 1.48. The predicted molar refractivity (Wildman–Crippen MR) is 285 cm³/mol. The van der Waals surface area contributed by atoms with Gasteiger partial charge in [0.1, 0.15) is 0 Å². The van der Waals surface area contributed by atoms with E-state index >= 15 is 0 Å². The van der Waals surface area contributed by atoms with Crippen molar-refractivity contribution in [2.24, 2.45) is 0 Å². The first kappa shape index (κ1) is 55.8. The summed E-state index contributed by atoms with van der Waals surface area (Å²) in [7, 11) is 0. The highest BCUT2D eigenvalue weighted by Crippen LogP contribution is 2.45. The van der Waals surface area contributed by atoms with Crippen LogP contribution in [0.1, 0.15) is 307 Å². The van der Waals surface area contributed by atoms with E-state index in [1.54, 1.807) is 4.70 Å². The lowest BCUT2D eigenvalue weighted by Gasteiger charge is -2.12. The molecular formula is C62H104N2. The molecule has 64 heavy (non-hydrogen) atoms. The standard InChI is InChI=1S/C62H104N2/c1-5-9-13-16-19-20-21-22-23-24-25-26-27-28-29-30-31-32-33-34-35-36-39-42-52-60-59(51-12-8-4)61(57-49-43-47-55(53-57)45-40-37-17-14-10-6-2)64(63)62(60)58-50-44-48-56(54-58)46-41-38-18-15-11-7-3/h43-44,47-50,53-54H,5-42,45-46,51-52H2,1-4H3. The molecule has 0 atom stereocenters. The first-order valence-electron chi connectivity index (χ1n) is 28.8. The smallest absolute Gasteiger partial charge is 0.211 e. The van der Waals surface area contributed by atoms with Crippen LogP contribution in [-0.2, 0) is 12.8 Å². The zero-order valence-electron chi connectivity index (χ0n) is 43.2. The summed E-state index contributed by atoms with van der Waals surface area (Å²) in [5, 5.41) is 0. The zero-order chi connectivity index (χ0) is 45.6. The van der Waals surface area contributed by atoms with E-state index < -0.39 is 0 Å². The fourth-order valence-corrected chi connectivity index (χ4v) is 10.4. The van der Waals surface area contributed by atoms with Crippen molar-refractivity contribution in [3.63, 3.8) is 0 Å². The van der Waals surface area contributed by atoms with Crippen molar-refractivity contribution in [3.8, 4) is 0 Å². The first-order valence-corrected chi connectivity index (χ1v) is 28.8. The molecule has 0 N–H and O–H groups in total. The normalized spacial score (nSPS) is 13.0. The molecule has 1 aliphatic heterocycles. The summed E-state index contributed by atoms with van der Waals surface area (Å²) in [4.78, 5) is 0. The van der Waals surface area contributed by atoms with Crippen LogP contribution in [0, 0.1) is 0 Å². The average Bonchev–Trinajstić information content (AvgIpc) is 3.59. The van der Waals surface area contributed by atoms with Crippen LogP contribution < -0.4 is 0 Å². The maximum atomic E-state index is 12.4. The van der Waals surface area contributed by atoms with Gasteiger partial charge >= 0.3 is 0 Å². The first-order chi connectivity index (χ1) is 31.6. The van der Waals surface area contributed by atoms with Crippen molar-refractivity contribution in [1.29, 1.82) is 0 Å². The lowest BCUT2D eigenvalue weighted by Crippen LogP contribution is -2.03. The van der Waals surface area contributed by atoms with Crippen molar-refractivity contribution in [1.82, 2.24) is 0 Å². The maximum Gasteiger partial charge on any atom is 0.211 e. The average molecular weight is 878 g/mol. The highest BCUT2D eigenvalue weighted by atomic mass is 15.2. The van der Waals surface area contributed by atoms with Gasteiger partial charge in [-0.1, -0.05) is 270 Å². The minimum absolute atomic E-state index is 1.03. The van der Waals surface area contributed by atoms with E-state index in [-0.39, 0.29) is 0 Å². The molecule has 362 valence electrons. The summed E-state index contributed by atoms with van der Waals surface area (Å²) < 4.78 is 1.63. The summed E-state index contributed by atoms with van der Waals surface area (Å²) >= 11 is 0. The van der Waals surface area contributed by atoms with Gasteiger partial charge in [-0.15, -0.1) is 0 Å². The summed E-state index contributed by atoms with van der Waals surface area (Å²) in [6.45, 7) is 9.21. The number of rotatable bonds is 44. The van der Waals surface area contributed by atoms with Gasteiger partial charge in [0.05, 0.1) is 0 Å². The van der Waals surface area contributed by atoms with Gasteiger partial charge in [-0.3, -0.25) is 0 Å². The Kier molecular flexibility index (Phi) is 33.7. The third-order valence-corrected chi connectivity index (χ3v) is 14.5. The number of unbranched alkanes of at least 4 members (excludes halogenated alkanes) is 34. The third-order valence-electron chi connectivity index (χ3n) is 14.5. The van der Waals surface area contributed by atoms with Gasteiger partial charge < -0.3 is 5.53 Å². The quantitative estimate of drug-likeness (QED) is 0.0468. The fourth-order valence-electron chi connectivity index (χ4n) is 10.4. The van der Waals surface area contributed by atoms with E-state index in [2.05, 4.69) is 76.2 Å². The van der Waals surface area contributed by atoms with Gasteiger partial charge in [-0.05, 0) is 86.8 Å². The van der Waals surface area contributed by atoms with Gasteiger partial charge in [-0.25, -0.2) is 4.70 Å². The van der Waals surface area contributed by atoms with E-state index in [1.165, 1.54) is 265 Å². The highest BCUT2D eigenvalue weighted by molar-refractivity contribution is 5.82. The Bertz CT molecular complexity index is 1510. The summed E-state index contributed by atoms with van der Waals surface area (Å²) in [6, 6.07) is 18.4. The van der Waals surface area contributed by atoms with Crippen LogP contribution >= 0.6 is 0 Å². The van der Waals surface area contributed by atoms with Crippen LogP contribution in [0.2, 0.25) is 0 Å². The van der Waals surface area contributed by atoms with Crippen molar-refractivity contribution >= 4 is 11.4 Å². The van der Waals surface area contributed by atoms with Gasteiger partial charge in [0, 0.05) is 22.3 Å². The van der Waals surface area contributed by atoms with E-state index in [1.807, 2.05) is 0 Å². The molecule has 0 saturated carbocycles. The number of nitrogens with zero attached hydrogens (tertiary/aromatic N) is 2. The Morgan fingerprint density at radius 3 is 0.844 bits per heavy atom. The second kappa shape index (κ2) is 38.6. The van der Waals surface area contributed by atoms with Crippen molar-refractivity contribution in [3.05, 3.63) is 87.5 Å². The third kappa shape index (κ3) is 24.3. The number of hydrogen-bond acceptors (Lipinski definition) is 0. The summed E-state index contributed by atoms with van der Waals surface area (Å²) in [5.41, 5.74) is 22.5. The molecule has 2 heteroatoms. The lowest BCUT2D eigenvalue weighted by atomic mass is 9.91. The van der Waals surface area contributed by atoms with Crippen LogP contribution in [0.4, 0.5) is 0 Å². The van der Waals surface area contributed by atoms with Crippen LogP contribution in [0.15, 0.2) is 59.7 Å². The summed E-state index contributed by atoms with van der Waals surface area (Å²) in [5.74, 6) is 0. The fraction of sp³-hybridized carbons (Fsp3) is 0.742. The Labute approximate surface area is 399 Å². The number of aryl methyl sites for hydroxylation is 2. The van der Waals surface area contributed by atoms with Crippen molar-refractivity contribution < 1.29 is 4.70 Å². The molecule has 0 spiro atoms. The molecule has 0 aromatic heterocycles. The van der Waals surface area contributed by atoms with Gasteiger partial charge in [0.2, 0.25) is 11.4 Å². The van der Waals surface area contributed by atoms with E-state index in [4.69, 9.17) is 0 Å². The molecule has 0 fully saturated rings.